The summed E-state index contributed by atoms with van der Waals surface area (Å²) in [5.74, 6) is -0.747. The number of aromatic nitrogens is 2. The number of benzene rings is 1. The Labute approximate surface area is 141 Å². The van der Waals surface area contributed by atoms with Gasteiger partial charge in [0, 0.05) is 13.5 Å². The highest BCUT2D eigenvalue weighted by molar-refractivity contribution is 5.96. The van der Waals surface area contributed by atoms with Crippen molar-refractivity contribution in [2.45, 2.75) is 39.7 Å². The third-order valence-electron chi connectivity index (χ3n) is 3.90. The first-order valence-corrected chi connectivity index (χ1v) is 7.93. The van der Waals surface area contributed by atoms with E-state index in [0.29, 0.717) is 12.1 Å². The topological polar surface area (TPSA) is 73.2 Å². The van der Waals surface area contributed by atoms with E-state index < -0.39 is 6.10 Å². The molecule has 0 aliphatic rings. The van der Waals surface area contributed by atoms with Crippen LogP contribution in [0.25, 0.3) is 0 Å². The van der Waals surface area contributed by atoms with Crippen molar-refractivity contribution >= 4 is 17.6 Å². The number of aryl methyl sites for hydroxylation is 3. The fourth-order valence-electron chi connectivity index (χ4n) is 2.38. The van der Waals surface area contributed by atoms with E-state index in [9.17, 15) is 9.59 Å². The van der Waals surface area contributed by atoms with Crippen LogP contribution in [-0.4, -0.2) is 27.8 Å². The number of amides is 1. The summed E-state index contributed by atoms with van der Waals surface area (Å²) >= 11 is 0. The van der Waals surface area contributed by atoms with Gasteiger partial charge in [-0.3, -0.25) is 14.3 Å². The van der Waals surface area contributed by atoms with Crippen LogP contribution in [0, 0.1) is 13.8 Å². The molecule has 0 saturated heterocycles. The molecule has 1 heterocycles. The van der Waals surface area contributed by atoms with Crippen LogP contribution in [0.4, 0.5) is 5.69 Å². The predicted octanol–water partition coefficient (Wildman–Crippen LogP) is 2.54. The molecule has 0 saturated carbocycles. The van der Waals surface area contributed by atoms with Gasteiger partial charge in [0.1, 0.15) is 0 Å². The first-order valence-electron chi connectivity index (χ1n) is 7.93. The molecule has 1 unspecified atom stereocenters. The normalized spacial score (nSPS) is 11.8. The molecule has 1 aromatic carbocycles. The second-order valence-electron chi connectivity index (χ2n) is 5.78. The predicted molar refractivity (Wildman–Crippen MR) is 91.6 cm³/mol. The van der Waals surface area contributed by atoms with Gasteiger partial charge >= 0.3 is 5.97 Å². The number of anilines is 1. The monoisotopic (exact) mass is 329 g/mol. The minimum atomic E-state index is -0.854. The van der Waals surface area contributed by atoms with E-state index in [4.69, 9.17) is 4.74 Å². The van der Waals surface area contributed by atoms with Gasteiger partial charge in [0.05, 0.1) is 17.1 Å². The quantitative estimate of drug-likeness (QED) is 0.827. The zero-order chi connectivity index (χ0) is 17.7. The molecule has 2 rings (SSSR count). The van der Waals surface area contributed by atoms with Gasteiger partial charge in [-0.15, -0.1) is 0 Å². The number of carbonyl (C=O) groups excluding carboxylic acids is 2. The molecule has 128 valence electrons. The van der Waals surface area contributed by atoms with Crippen LogP contribution in [0.5, 0.6) is 0 Å². The summed E-state index contributed by atoms with van der Waals surface area (Å²) < 4.78 is 6.91. The lowest BCUT2D eigenvalue weighted by atomic mass is 10.1. The average molecular weight is 329 g/mol. The van der Waals surface area contributed by atoms with Gasteiger partial charge in [0.25, 0.3) is 5.91 Å². The molecule has 2 aromatic rings. The van der Waals surface area contributed by atoms with E-state index in [1.807, 2.05) is 51.2 Å². The van der Waals surface area contributed by atoms with Gasteiger partial charge in [0.2, 0.25) is 0 Å². The molecular weight excluding hydrogens is 306 g/mol. The van der Waals surface area contributed by atoms with Gasteiger partial charge < -0.3 is 10.1 Å². The van der Waals surface area contributed by atoms with E-state index in [0.717, 1.165) is 17.0 Å². The van der Waals surface area contributed by atoms with Gasteiger partial charge in [0.15, 0.2) is 6.10 Å². The van der Waals surface area contributed by atoms with Crippen molar-refractivity contribution in [3.63, 3.8) is 0 Å². The number of nitrogens with one attached hydrogen (secondary N) is 1. The Balaban J connectivity index is 1.85. The number of hydrogen-bond donors (Lipinski definition) is 1. The summed E-state index contributed by atoms with van der Waals surface area (Å²) in [5, 5.41) is 7.02. The molecule has 1 N–H and O–H groups in total. The molecule has 0 fully saturated rings. The summed E-state index contributed by atoms with van der Waals surface area (Å²) in [4.78, 5) is 24.1. The Morgan fingerprint density at radius 1 is 1.25 bits per heavy atom. The highest BCUT2D eigenvalue weighted by Gasteiger charge is 2.20. The fraction of sp³-hybridized carbons (Fsp3) is 0.389. The maximum atomic E-state index is 12.2. The number of nitrogens with zero attached hydrogens (tertiary/aromatic N) is 2. The Morgan fingerprint density at radius 3 is 2.50 bits per heavy atom. The lowest BCUT2D eigenvalue weighted by Crippen LogP contribution is -2.30. The lowest BCUT2D eigenvalue weighted by molar-refractivity contribution is -0.153. The van der Waals surface area contributed by atoms with Gasteiger partial charge in [-0.1, -0.05) is 30.3 Å². The van der Waals surface area contributed by atoms with Crippen molar-refractivity contribution in [1.82, 2.24) is 9.78 Å². The second kappa shape index (κ2) is 7.77. The second-order valence-corrected chi connectivity index (χ2v) is 5.78. The number of hydrogen-bond acceptors (Lipinski definition) is 4. The lowest BCUT2D eigenvalue weighted by Gasteiger charge is -2.13. The number of ether oxygens (including phenoxy) is 1. The highest BCUT2D eigenvalue weighted by Crippen LogP contribution is 2.18. The van der Waals surface area contributed by atoms with Crippen molar-refractivity contribution in [2.75, 3.05) is 5.32 Å². The maximum Gasteiger partial charge on any atom is 0.306 e. The first-order chi connectivity index (χ1) is 11.4. The van der Waals surface area contributed by atoms with Crippen LogP contribution < -0.4 is 5.32 Å². The molecule has 6 heteroatoms. The molecular formula is C18H23N3O3. The molecule has 0 aliphatic carbocycles. The number of rotatable bonds is 6. The zero-order valence-electron chi connectivity index (χ0n) is 14.5. The van der Waals surface area contributed by atoms with E-state index in [2.05, 4.69) is 10.4 Å². The van der Waals surface area contributed by atoms with E-state index in [-0.39, 0.29) is 18.3 Å². The third-order valence-corrected chi connectivity index (χ3v) is 3.90. The van der Waals surface area contributed by atoms with Crippen LogP contribution in [-0.2, 0) is 27.8 Å². The van der Waals surface area contributed by atoms with Gasteiger partial charge in [-0.2, -0.15) is 5.10 Å². The van der Waals surface area contributed by atoms with E-state index >= 15 is 0 Å². The maximum absolute atomic E-state index is 12.2. The Kier molecular flexibility index (Phi) is 5.73. The molecule has 0 spiro atoms. The number of esters is 1. The molecule has 6 nitrogen and oxygen atoms in total. The SMILES string of the molecule is Cc1nn(C)c(C)c1NC(=O)C(C)OC(=O)CCc1ccccc1. The van der Waals surface area contributed by atoms with Crippen LogP contribution >= 0.6 is 0 Å². The molecule has 1 amide bonds. The number of carbonyl (C=O) groups is 2. The minimum Gasteiger partial charge on any atom is -0.453 e. The van der Waals surface area contributed by atoms with Crippen LogP contribution in [0.15, 0.2) is 30.3 Å². The van der Waals surface area contributed by atoms with Gasteiger partial charge in [-0.25, -0.2) is 0 Å². The summed E-state index contributed by atoms with van der Waals surface area (Å²) in [6.07, 6.45) is -0.0196. The summed E-state index contributed by atoms with van der Waals surface area (Å²) in [7, 11) is 1.81. The van der Waals surface area contributed by atoms with Crippen molar-refractivity contribution < 1.29 is 14.3 Å². The summed E-state index contributed by atoms with van der Waals surface area (Å²) in [6.45, 7) is 5.25. The van der Waals surface area contributed by atoms with Crippen molar-refractivity contribution in [2.24, 2.45) is 7.05 Å². The molecule has 0 radical (unpaired) electrons. The molecule has 1 atom stereocenters. The van der Waals surface area contributed by atoms with E-state index in [1.165, 1.54) is 0 Å². The van der Waals surface area contributed by atoms with Crippen molar-refractivity contribution in [3.8, 4) is 0 Å². The van der Waals surface area contributed by atoms with Crippen LogP contribution in [0.2, 0.25) is 0 Å². The Bertz CT molecular complexity index is 723. The standard InChI is InChI=1S/C18H23N3O3/c1-12-17(13(2)21(4)20-12)19-18(23)14(3)24-16(22)11-10-15-8-6-5-7-9-15/h5-9,14H,10-11H2,1-4H3,(H,19,23). The highest BCUT2D eigenvalue weighted by atomic mass is 16.5. The smallest absolute Gasteiger partial charge is 0.306 e. The Hall–Kier alpha value is -2.63. The van der Waals surface area contributed by atoms with Crippen molar-refractivity contribution in [1.29, 1.82) is 0 Å². The van der Waals surface area contributed by atoms with Gasteiger partial charge in [-0.05, 0) is 32.8 Å². The van der Waals surface area contributed by atoms with Crippen LogP contribution in [0.1, 0.15) is 30.3 Å². The molecule has 0 bridgehead atoms. The third kappa shape index (κ3) is 4.44. The van der Waals surface area contributed by atoms with E-state index in [1.54, 1.807) is 11.6 Å². The molecule has 1 aromatic heterocycles. The zero-order valence-corrected chi connectivity index (χ0v) is 14.5. The summed E-state index contributed by atoms with van der Waals surface area (Å²) in [5.41, 5.74) is 3.30. The minimum absolute atomic E-state index is 0.243. The molecule has 0 aliphatic heterocycles. The molecule has 24 heavy (non-hydrogen) atoms. The fourth-order valence-corrected chi connectivity index (χ4v) is 2.38. The Morgan fingerprint density at radius 2 is 1.92 bits per heavy atom. The first kappa shape index (κ1) is 17.7. The largest absolute Gasteiger partial charge is 0.453 e. The summed E-state index contributed by atoms with van der Waals surface area (Å²) in [6, 6.07) is 9.69. The van der Waals surface area contributed by atoms with Crippen LogP contribution in [0.3, 0.4) is 0 Å². The van der Waals surface area contributed by atoms with Crippen molar-refractivity contribution in [3.05, 3.63) is 47.3 Å². The average Bonchev–Trinajstić information content (AvgIpc) is 2.80.